The summed E-state index contributed by atoms with van der Waals surface area (Å²) >= 11 is 0. The number of hydrogen-bond donors (Lipinski definition) is 0. The minimum absolute atomic E-state index is 0.0843. The molecular formula is C11H17NO4S. The second-order valence-electron chi connectivity index (χ2n) is 4.25. The van der Waals surface area contributed by atoms with Crippen molar-refractivity contribution in [3.8, 4) is 6.07 Å². The molecule has 0 unspecified atom stereocenters. The summed E-state index contributed by atoms with van der Waals surface area (Å²) in [5.41, 5.74) is 0. The van der Waals surface area contributed by atoms with Crippen LogP contribution in [0.1, 0.15) is 38.5 Å². The summed E-state index contributed by atoms with van der Waals surface area (Å²) in [4.78, 5) is 11.4. The number of nitrogens with zero attached hydrogens (tertiary/aromatic N) is 1. The van der Waals surface area contributed by atoms with Crippen molar-refractivity contribution in [2.75, 3.05) is 11.5 Å². The van der Waals surface area contributed by atoms with Gasteiger partial charge in [-0.25, -0.2) is 8.42 Å². The molecule has 1 fully saturated rings. The second-order valence-corrected chi connectivity index (χ2v) is 6.43. The first kappa shape index (κ1) is 14.0. The van der Waals surface area contributed by atoms with Crippen LogP contribution in [0.15, 0.2) is 0 Å². The van der Waals surface area contributed by atoms with Gasteiger partial charge in [-0.1, -0.05) is 6.42 Å². The van der Waals surface area contributed by atoms with E-state index < -0.39 is 21.6 Å². The number of rotatable bonds is 5. The first-order valence-electron chi connectivity index (χ1n) is 5.80. The van der Waals surface area contributed by atoms with E-state index in [4.69, 9.17) is 10.00 Å². The van der Waals surface area contributed by atoms with E-state index in [1.165, 1.54) is 0 Å². The molecular weight excluding hydrogens is 242 g/mol. The third-order valence-corrected chi connectivity index (χ3v) is 4.21. The molecule has 0 amide bonds. The Morgan fingerprint density at radius 3 is 2.53 bits per heavy atom. The lowest BCUT2D eigenvalue weighted by molar-refractivity contribution is -0.147. The topological polar surface area (TPSA) is 84.2 Å². The monoisotopic (exact) mass is 259 g/mol. The average Bonchev–Trinajstić information content (AvgIpc) is 2.27. The second kappa shape index (κ2) is 6.60. The van der Waals surface area contributed by atoms with Gasteiger partial charge in [0.05, 0.1) is 11.8 Å². The molecule has 1 saturated carbocycles. The van der Waals surface area contributed by atoms with Crippen LogP contribution in [-0.2, 0) is 19.4 Å². The molecule has 0 heterocycles. The van der Waals surface area contributed by atoms with Gasteiger partial charge in [-0.05, 0) is 25.7 Å². The van der Waals surface area contributed by atoms with Crippen LogP contribution in [0.2, 0.25) is 0 Å². The minimum Gasteiger partial charge on any atom is -0.462 e. The lowest BCUT2D eigenvalue weighted by atomic mass is 9.98. The smallest absolute Gasteiger partial charge is 0.321 e. The maximum Gasteiger partial charge on any atom is 0.321 e. The molecule has 0 atom stereocenters. The lowest BCUT2D eigenvalue weighted by Gasteiger charge is -2.21. The number of hydrogen-bond acceptors (Lipinski definition) is 5. The van der Waals surface area contributed by atoms with Gasteiger partial charge in [-0.15, -0.1) is 0 Å². The van der Waals surface area contributed by atoms with Crippen molar-refractivity contribution in [2.24, 2.45) is 0 Å². The Hall–Kier alpha value is -1.09. The van der Waals surface area contributed by atoms with Crippen LogP contribution in [0.5, 0.6) is 0 Å². The van der Waals surface area contributed by atoms with Gasteiger partial charge in [0, 0.05) is 6.42 Å². The van der Waals surface area contributed by atoms with Gasteiger partial charge < -0.3 is 4.74 Å². The number of nitriles is 1. The van der Waals surface area contributed by atoms with Crippen LogP contribution in [0.3, 0.4) is 0 Å². The molecule has 0 spiro atoms. The highest BCUT2D eigenvalue weighted by atomic mass is 32.2. The van der Waals surface area contributed by atoms with E-state index in [0.29, 0.717) is 0 Å². The zero-order chi connectivity index (χ0) is 12.7. The molecule has 1 aliphatic carbocycles. The van der Waals surface area contributed by atoms with Crippen LogP contribution in [0.4, 0.5) is 0 Å². The standard InChI is InChI=1S/C11H17NO4S/c12-7-4-8-17(14,15)9-11(13)16-10-5-2-1-3-6-10/h10H,1-6,8-9H2. The number of esters is 1. The van der Waals surface area contributed by atoms with Crippen molar-refractivity contribution >= 4 is 15.8 Å². The third kappa shape index (κ3) is 5.68. The fourth-order valence-corrected chi connectivity index (χ4v) is 2.83. The van der Waals surface area contributed by atoms with Gasteiger partial charge in [0.25, 0.3) is 0 Å². The summed E-state index contributed by atoms with van der Waals surface area (Å²) in [7, 11) is -3.49. The summed E-state index contributed by atoms with van der Waals surface area (Å²) in [5.74, 6) is -1.57. The fourth-order valence-electron chi connectivity index (χ4n) is 1.86. The number of ether oxygens (including phenoxy) is 1. The van der Waals surface area contributed by atoms with E-state index in [9.17, 15) is 13.2 Å². The molecule has 0 aromatic rings. The summed E-state index contributed by atoms with van der Waals surface area (Å²) in [6.07, 6.45) is 4.64. The zero-order valence-corrected chi connectivity index (χ0v) is 10.5. The SMILES string of the molecule is N#CCCS(=O)(=O)CC(=O)OC1CCCCC1. The first-order valence-corrected chi connectivity index (χ1v) is 7.62. The highest BCUT2D eigenvalue weighted by Gasteiger charge is 2.22. The average molecular weight is 259 g/mol. The predicted molar refractivity (Wildman–Crippen MR) is 61.8 cm³/mol. The van der Waals surface area contributed by atoms with E-state index in [1.807, 2.05) is 0 Å². The molecule has 0 radical (unpaired) electrons. The maximum atomic E-state index is 11.4. The molecule has 96 valence electrons. The van der Waals surface area contributed by atoms with E-state index in [2.05, 4.69) is 0 Å². The molecule has 17 heavy (non-hydrogen) atoms. The van der Waals surface area contributed by atoms with Gasteiger partial charge in [-0.3, -0.25) is 4.79 Å². The highest BCUT2D eigenvalue weighted by molar-refractivity contribution is 7.92. The van der Waals surface area contributed by atoms with Crippen molar-refractivity contribution in [1.82, 2.24) is 0 Å². The quantitative estimate of drug-likeness (QED) is 0.692. The van der Waals surface area contributed by atoms with E-state index >= 15 is 0 Å². The van der Waals surface area contributed by atoms with E-state index in [1.54, 1.807) is 6.07 Å². The fraction of sp³-hybridized carbons (Fsp3) is 0.818. The largest absolute Gasteiger partial charge is 0.462 e. The van der Waals surface area contributed by atoms with Crippen molar-refractivity contribution in [3.05, 3.63) is 0 Å². The predicted octanol–water partition coefficient (Wildman–Crippen LogP) is 1.19. The Morgan fingerprint density at radius 1 is 1.29 bits per heavy atom. The van der Waals surface area contributed by atoms with Gasteiger partial charge in [0.15, 0.2) is 9.84 Å². The van der Waals surface area contributed by atoms with Crippen molar-refractivity contribution in [3.63, 3.8) is 0 Å². The number of carbonyl (C=O) groups is 1. The van der Waals surface area contributed by atoms with Crippen LogP contribution >= 0.6 is 0 Å². The van der Waals surface area contributed by atoms with Crippen LogP contribution in [0.25, 0.3) is 0 Å². The highest BCUT2D eigenvalue weighted by Crippen LogP contribution is 2.20. The molecule has 5 nitrogen and oxygen atoms in total. The molecule has 0 bridgehead atoms. The first-order chi connectivity index (χ1) is 8.03. The lowest BCUT2D eigenvalue weighted by Crippen LogP contribution is -2.26. The van der Waals surface area contributed by atoms with Gasteiger partial charge in [-0.2, -0.15) is 5.26 Å². The van der Waals surface area contributed by atoms with Crippen LogP contribution in [-0.4, -0.2) is 32.0 Å². The Kier molecular flexibility index (Phi) is 5.42. The van der Waals surface area contributed by atoms with Crippen molar-refractivity contribution < 1.29 is 17.9 Å². The molecule has 0 N–H and O–H groups in total. The minimum atomic E-state index is -3.49. The van der Waals surface area contributed by atoms with E-state index in [0.717, 1.165) is 32.1 Å². The van der Waals surface area contributed by atoms with Crippen molar-refractivity contribution in [1.29, 1.82) is 5.26 Å². The molecule has 0 aromatic carbocycles. The normalized spacial score (nSPS) is 17.4. The van der Waals surface area contributed by atoms with Gasteiger partial charge in [0.2, 0.25) is 0 Å². The van der Waals surface area contributed by atoms with Gasteiger partial charge >= 0.3 is 5.97 Å². The Labute approximate surface area is 102 Å². The molecule has 0 aliphatic heterocycles. The summed E-state index contributed by atoms with van der Waals surface area (Å²) in [6, 6.07) is 1.75. The summed E-state index contributed by atoms with van der Waals surface area (Å²) in [6.45, 7) is 0. The Bertz CT molecular complexity index is 390. The summed E-state index contributed by atoms with van der Waals surface area (Å²) in [5, 5.41) is 8.29. The number of carbonyl (C=O) groups excluding carboxylic acids is 1. The molecule has 1 aliphatic rings. The third-order valence-electron chi connectivity index (χ3n) is 2.71. The van der Waals surface area contributed by atoms with Crippen LogP contribution in [0, 0.1) is 11.3 Å². The molecule has 1 rings (SSSR count). The number of sulfone groups is 1. The van der Waals surface area contributed by atoms with E-state index in [-0.39, 0.29) is 18.3 Å². The van der Waals surface area contributed by atoms with Gasteiger partial charge in [0.1, 0.15) is 11.9 Å². The maximum absolute atomic E-state index is 11.4. The van der Waals surface area contributed by atoms with Crippen LogP contribution < -0.4 is 0 Å². The zero-order valence-electron chi connectivity index (χ0n) is 9.72. The molecule has 0 aromatic heterocycles. The Morgan fingerprint density at radius 2 is 1.94 bits per heavy atom. The summed E-state index contributed by atoms with van der Waals surface area (Å²) < 4.78 is 27.9. The molecule has 6 heteroatoms. The molecule has 0 saturated heterocycles. The van der Waals surface area contributed by atoms with Crippen molar-refractivity contribution in [2.45, 2.75) is 44.6 Å². The Balaban J connectivity index is 2.35.